The van der Waals surface area contributed by atoms with E-state index in [9.17, 15) is 9.59 Å². The molecule has 0 radical (unpaired) electrons. The molecule has 6 heteroatoms. The van der Waals surface area contributed by atoms with E-state index in [1.54, 1.807) is 0 Å². The molecule has 4 N–H and O–H groups in total. The van der Waals surface area contributed by atoms with E-state index in [1.807, 2.05) is 0 Å². The molecule has 0 aromatic heterocycles. The minimum Gasteiger partial charge on any atom is -0.351 e. The molecule has 0 bridgehead atoms. The molecule has 0 spiro atoms. The zero-order chi connectivity index (χ0) is 12.0. The molecule has 1 rings (SSSR count). The van der Waals surface area contributed by atoms with Gasteiger partial charge in [0.15, 0.2) is 0 Å². The summed E-state index contributed by atoms with van der Waals surface area (Å²) in [6.45, 7) is 5.74. The SMILES string of the molecule is CCCN(CCC(=O)NC(N)=O)C1CNC1. The van der Waals surface area contributed by atoms with Crippen LogP contribution in [0.15, 0.2) is 0 Å². The first-order valence-electron chi connectivity index (χ1n) is 5.67. The van der Waals surface area contributed by atoms with Gasteiger partial charge in [0.2, 0.25) is 5.91 Å². The maximum Gasteiger partial charge on any atom is 0.318 e. The highest BCUT2D eigenvalue weighted by Crippen LogP contribution is 2.06. The van der Waals surface area contributed by atoms with E-state index in [0.717, 1.165) is 26.1 Å². The van der Waals surface area contributed by atoms with Crippen molar-refractivity contribution in [3.05, 3.63) is 0 Å². The summed E-state index contributed by atoms with van der Waals surface area (Å²) in [6, 6.07) is -0.251. The number of nitrogens with one attached hydrogen (secondary N) is 2. The number of primary amides is 1. The normalized spacial score (nSPS) is 15.9. The van der Waals surface area contributed by atoms with Gasteiger partial charge in [-0.3, -0.25) is 15.0 Å². The second-order valence-corrected chi connectivity index (χ2v) is 4.01. The first kappa shape index (κ1) is 12.9. The first-order chi connectivity index (χ1) is 7.63. The van der Waals surface area contributed by atoms with Gasteiger partial charge < -0.3 is 11.1 Å². The zero-order valence-electron chi connectivity index (χ0n) is 9.66. The molecule has 1 heterocycles. The highest BCUT2D eigenvalue weighted by molar-refractivity contribution is 5.93. The minimum absolute atomic E-state index is 0.305. The number of nitrogens with two attached hydrogens (primary N) is 1. The van der Waals surface area contributed by atoms with Crippen LogP contribution in [0.4, 0.5) is 4.79 Å². The number of hydrogen-bond acceptors (Lipinski definition) is 4. The summed E-state index contributed by atoms with van der Waals surface area (Å²) >= 11 is 0. The van der Waals surface area contributed by atoms with Gasteiger partial charge in [-0.25, -0.2) is 4.79 Å². The average molecular weight is 228 g/mol. The van der Waals surface area contributed by atoms with Gasteiger partial charge in [0.25, 0.3) is 0 Å². The third-order valence-electron chi connectivity index (χ3n) is 2.68. The van der Waals surface area contributed by atoms with Gasteiger partial charge in [-0.2, -0.15) is 0 Å². The lowest BCUT2D eigenvalue weighted by Gasteiger charge is -2.38. The fraction of sp³-hybridized carbons (Fsp3) is 0.800. The van der Waals surface area contributed by atoms with Crippen LogP contribution in [0.3, 0.4) is 0 Å². The Hall–Kier alpha value is -1.14. The largest absolute Gasteiger partial charge is 0.351 e. The van der Waals surface area contributed by atoms with Crippen LogP contribution in [-0.2, 0) is 4.79 Å². The maximum atomic E-state index is 11.2. The van der Waals surface area contributed by atoms with Crippen molar-refractivity contribution in [2.24, 2.45) is 5.73 Å². The van der Waals surface area contributed by atoms with Crippen molar-refractivity contribution in [2.45, 2.75) is 25.8 Å². The van der Waals surface area contributed by atoms with E-state index in [1.165, 1.54) is 0 Å². The number of rotatable bonds is 6. The van der Waals surface area contributed by atoms with Gasteiger partial charge in [-0.1, -0.05) is 6.92 Å². The lowest BCUT2D eigenvalue weighted by molar-refractivity contribution is -0.120. The lowest BCUT2D eigenvalue weighted by Crippen LogP contribution is -2.57. The van der Waals surface area contributed by atoms with Crippen LogP contribution in [-0.4, -0.2) is 49.1 Å². The summed E-state index contributed by atoms with van der Waals surface area (Å²) in [5.74, 6) is -0.305. The summed E-state index contributed by atoms with van der Waals surface area (Å²) in [5, 5.41) is 5.28. The van der Waals surface area contributed by atoms with Crippen molar-refractivity contribution < 1.29 is 9.59 Å². The van der Waals surface area contributed by atoms with Gasteiger partial charge in [-0.05, 0) is 13.0 Å². The highest BCUT2D eigenvalue weighted by Gasteiger charge is 2.23. The highest BCUT2D eigenvalue weighted by atomic mass is 16.2. The molecule has 16 heavy (non-hydrogen) atoms. The first-order valence-corrected chi connectivity index (χ1v) is 5.67. The van der Waals surface area contributed by atoms with Gasteiger partial charge in [-0.15, -0.1) is 0 Å². The number of carbonyl (C=O) groups is 2. The van der Waals surface area contributed by atoms with Crippen molar-refractivity contribution in [1.82, 2.24) is 15.5 Å². The third kappa shape index (κ3) is 4.16. The summed E-state index contributed by atoms with van der Waals surface area (Å²) in [4.78, 5) is 24.0. The Morgan fingerprint density at radius 3 is 2.56 bits per heavy atom. The predicted octanol–water partition coefficient (Wildman–Crippen LogP) is -0.745. The standard InChI is InChI=1S/C10H20N4O2/c1-2-4-14(8-6-12-7-8)5-3-9(15)13-10(11)16/h8,12H,2-7H2,1H3,(H3,11,13,15,16). The molecule has 0 aromatic rings. The van der Waals surface area contributed by atoms with Crippen LogP contribution in [0.1, 0.15) is 19.8 Å². The molecule has 0 atom stereocenters. The summed E-state index contributed by atoms with van der Waals surface area (Å²) in [7, 11) is 0. The molecule has 0 unspecified atom stereocenters. The zero-order valence-corrected chi connectivity index (χ0v) is 9.66. The molecule has 1 aliphatic heterocycles. The monoisotopic (exact) mass is 228 g/mol. The van der Waals surface area contributed by atoms with Crippen LogP contribution in [0.5, 0.6) is 0 Å². The molecule has 1 aliphatic rings. The molecule has 1 saturated heterocycles. The Bertz CT molecular complexity index is 253. The molecule has 1 fully saturated rings. The molecule has 0 aliphatic carbocycles. The minimum atomic E-state index is -0.780. The summed E-state index contributed by atoms with van der Waals surface area (Å²) in [5.41, 5.74) is 4.86. The summed E-state index contributed by atoms with van der Waals surface area (Å²) in [6.07, 6.45) is 1.38. The molecule has 0 saturated carbocycles. The van der Waals surface area contributed by atoms with Gasteiger partial charge >= 0.3 is 6.03 Å². The van der Waals surface area contributed by atoms with E-state index in [0.29, 0.717) is 19.0 Å². The van der Waals surface area contributed by atoms with Crippen molar-refractivity contribution in [2.75, 3.05) is 26.2 Å². The van der Waals surface area contributed by atoms with E-state index < -0.39 is 6.03 Å². The van der Waals surface area contributed by atoms with Crippen molar-refractivity contribution in [3.63, 3.8) is 0 Å². The summed E-state index contributed by atoms with van der Waals surface area (Å²) < 4.78 is 0. The van der Waals surface area contributed by atoms with Crippen LogP contribution in [0.25, 0.3) is 0 Å². The Kier molecular flexibility index (Phi) is 5.21. The lowest BCUT2D eigenvalue weighted by atomic mass is 10.1. The van der Waals surface area contributed by atoms with Gasteiger partial charge in [0.05, 0.1) is 0 Å². The molecule has 6 nitrogen and oxygen atoms in total. The number of urea groups is 1. The molecule has 92 valence electrons. The van der Waals surface area contributed by atoms with Crippen molar-refractivity contribution in [3.8, 4) is 0 Å². The quantitative estimate of drug-likeness (QED) is 0.558. The van der Waals surface area contributed by atoms with Gasteiger partial charge in [0.1, 0.15) is 0 Å². The van der Waals surface area contributed by atoms with E-state index in [4.69, 9.17) is 5.73 Å². The fourth-order valence-electron chi connectivity index (χ4n) is 1.74. The number of carbonyl (C=O) groups excluding carboxylic acids is 2. The smallest absolute Gasteiger partial charge is 0.318 e. The van der Waals surface area contributed by atoms with E-state index in [2.05, 4.69) is 22.5 Å². The Labute approximate surface area is 95.5 Å². The molecule has 3 amide bonds. The van der Waals surface area contributed by atoms with Gasteiger partial charge in [0, 0.05) is 32.1 Å². The molecular formula is C10H20N4O2. The Balaban J connectivity index is 2.25. The van der Waals surface area contributed by atoms with E-state index in [-0.39, 0.29) is 5.91 Å². The topological polar surface area (TPSA) is 87.5 Å². The second kappa shape index (κ2) is 6.44. The average Bonchev–Trinajstić information content (AvgIpc) is 2.10. The van der Waals surface area contributed by atoms with Crippen molar-refractivity contribution >= 4 is 11.9 Å². The molecule has 0 aromatic carbocycles. The third-order valence-corrected chi connectivity index (χ3v) is 2.68. The number of amides is 3. The Morgan fingerprint density at radius 1 is 1.44 bits per heavy atom. The van der Waals surface area contributed by atoms with Crippen LogP contribution in [0.2, 0.25) is 0 Å². The fourth-order valence-corrected chi connectivity index (χ4v) is 1.74. The van der Waals surface area contributed by atoms with Crippen molar-refractivity contribution in [1.29, 1.82) is 0 Å². The van der Waals surface area contributed by atoms with E-state index >= 15 is 0 Å². The van der Waals surface area contributed by atoms with Crippen LogP contribution < -0.4 is 16.4 Å². The molecular weight excluding hydrogens is 208 g/mol. The maximum absolute atomic E-state index is 11.2. The number of hydrogen-bond donors (Lipinski definition) is 3. The van der Waals surface area contributed by atoms with Crippen LogP contribution >= 0.6 is 0 Å². The number of imide groups is 1. The predicted molar refractivity (Wildman–Crippen MR) is 60.9 cm³/mol. The Morgan fingerprint density at radius 2 is 2.12 bits per heavy atom. The van der Waals surface area contributed by atoms with Crippen LogP contribution in [0, 0.1) is 0 Å². The number of nitrogens with zero attached hydrogens (tertiary/aromatic N) is 1. The second-order valence-electron chi connectivity index (χ2n) is 4.01.